The fourth-order valence-corrected chi connectivity index (χ4v) is 3.22. The molecule has 1 N–H and O–H groups in total. The van der Waals surface area contributed by atoms with Gasteiger partial charge in [0.2, 0.25) is 5.91 Å². The molecule has 0 radical (unpaired) electrons. The largest absolute Gasteiger partial charge is 0.351 e. The summed E-state index contributed by atoms with van der Waals surface area (Å²) >= 11 is 1.65. The van der Waals surface area contributed by atoms with Crippen LogP contribution in [0.1, 0.15) is 21.8 Å². The molecule has 0 aliphatic heterocycles. The second kappa shape index (κ2) is 6.79. The van der Waals surface area contributed by atoms with Gasteiger partial charge in [0.15, 0.2) is 0 Å². The van der Waals surface area contributed by atoms with E-state index in [1.165, 1.54) is 0 Å². The van der Waals surface area contributed by atoms with Gasteiger partial charge in [0.25, 0.3) is 0 Å². The molecule has 2 aromatic heterocycles. The zero-order chi connectivity index (χ0) is 16.2. The predicted molar refractivity (Wildman–Crippen MR) is 92.9 cm³/mol. The quantitative estimate of drug-likeness (QED) is 0.781. The summed E-state index contributed by atoms with van der Waals surface area (Å²) < 4.78 is 1.90. The molecule has 0 unspecified atom stereocenters. The molecule has 0 fully saturated rings. The van der Waals surface area contributed by atoms with Crippen LogP contribution in [0.4, 0.5) is 0 Å². The number of nitrogens with zero attached hydrogens (tertiary/aromatic N) is 2. The van der Waals surface area contributed by atoms with Gasteiger partial charge in [-0.1, -0.05) is 24.3 Å². The molecule has 0 aliphatic rings. The van der Waals surface area contributed by atoms with Crippen molar-refractivity contribution < 1.29 is 4.79 Å². The molecule has 4 nitrogen and oxygen atoms in total. The van der Waals surface area contributed by atoms with E-state index in [4.69, 9.17) is 0 Å². The van der Waals surface area contributed by atoms with Crippen molar-refractivity contribution in [3.63, 3.8) is 0 Å². The number of aromatic nitrogens is 2. The Hall–Kier alpha value is -2.40. The summed E-state index contributed by atoms with van der Waals surface area (Å²) in [6.45, 7) is 4.55. The number of carbonyl (C=O) groups is 1. The van der Waals surface area contributed by atoms with Gasteiger partial charge in [-0.15, -0.1) is 11.3 Å². The molecule has 3 aromatic rings. The van der Waals surface area contributed by atoms with Gasteiger partial charge in [0, 0.05) is 16.1 Å². The minimum absolute atomic E-state index is 0.0252. The maximum Gasteiger partial charge on any atom is 0.224 e. The van der Waals surface area contributed by atoms with E-state index in [0.717, 1.165) is 27.5 Å². The molecule has 23 heavy (non-hydrogen) atoms. The maximum absolute atomic E-state index is 12.2. The van der Waals surface area contributed by atoms with Crippen molar-refractivity contribution in [3.05, 3.63) is 69.7 Å². The molecule has 0 saturated carbocycles. The second-order valence-corrected chi connectivity index (χ2v) is 6.46. The molecule has 0 spiro atoms. The smallest absolute Gasteiger partial charge is 0.224 e. The highest BCUT2D eigenvalue weighted by Gasteiger charge is 2.15. The summed E-state index contributed by atoms with van der Waals surface area (Å²) in [5.74, 6) is 0.0252. The molecule has 0 atom stereocenters. The van der Waals surface area contributed by atoms with Crippen molar-refractivity contribution >= 4 is 17.2 Å². The van der Waals surface area contributed by atoms with E-state index < -0.39 is 0 Å². The number of amides is 1. The Kier molecular flexibility index (Phi) is 4.57. The number of rotatable bonds is 5. The zero-order valence-corrected chi connectivity index (χ0v) is 14.1. The second-order valence-electron chi connectivity index (χ2n) is 5.43. The Labute approximate surface area is 139 Å². The van der Waals surface area contributed by atoms with Crippen LogP contribution in [-0.4, -0.2) is 15.7 Å². The van der Waals surface area contributed by atoms with Crippen LogP contribution in [0.2, 0.25) is 0 Å². The van der Waals surface area contributed by atoms with E-state index in [1.807, 2.05) is 66.4 Å². The zero-order valence-electron chi connectivity index (χ0n) is 13.2. The van der Waals surface area contributed by atoms with Crippen LogP contribution >= 0.6 is 11.3 Å². The highest BCUT2D eigenvalue weighted by Crippen LogP contribution is 2.18. The predicted octanol–water partition coefficient (Wildman–Crippen LogP) is 3.41. The molecular weight excluding hydrogens is 306 g/mol. The van der Waals surface area contributed by atoms with Gasteiger partial charge in [-0.3, -0.25) is 4.79 Å². The fraction of sp³-hybridized carbons (Fsp3) is 0.222. The number of thiophene rings is 1. The minimum atomic E-state index is 0.0252. The van der Waals surface area contributed by atoms with Crippen molar-refractivity contribution in [3.8, 4) is 5.69 Å². The van der Waals surface area contributed by atoms with Gasteiger partial charge in [0.1, 0.15) is 0 Å². The third-order valence-electron chi connectivity index (χ3n) is 3.82. The third-order valence-corrected chi connectivity index (χ3v) is 4.70. The van der Waals surface area contributed by atoms with Gasteiger partial charge in [-0.2, -0.15) is 5.10 Å². The van der Waals surface area contributed by atoms with Gasteiger partial charge in [0.05, 0.1) is 24.3 Å². The lowest BCUT2D eigenvalue weighted by Crippen LogP contribution is -2.24. The number of hydrogen-bond acceptors (Lipinski definition) is 3. The van der Waals surface area contributed by atoms with Crippen molar-refractivity contribution in [2.45, 2.75) is 26.8 Å². The van der Waals surface area contributed by atoms with Crippen LogP contribution in [0.3, 0.4) is 0 Å². The molecule has 118 valence electrons. The molecule has 3 rings (SSSR count). The van der Waals surface area contributed by atoms with Gasteiger partial charge >= 0.3 is 0 Å². The summed E-state index contributed by atoms with van der Waals surface area (Å²) in [5, 5.41) is 9.57. The highest BCUT2D eigenvalue weighted by atomic mass is 32.1. The topological polar surface area (TPSA) is 46.9 Å². The lowest BCUT2D eigenvalue weighted by atomic mass is 10.1. The van der Waals surface area contributed by atoms with E-state index in [9.17, 15) is 4.79 Å². The summed E-state index contributed by atoms with van der Waals surface area (Å²) in [6, 6.07) is 14.0. The molecule has 1 amide bonds. The van der Waals surface area contributed by atoms with E-state index in [0.29, 0.717) is 13.0 Å². The number of hydrogen-bond donors (Lipinski definition) is 1. The fourth-order valence-electron chi connectivity index (χ4n) is 2.57. The molecule has 0 aliphatic carbocycles. The maximum atomic E-state index is 12.2. The average Bonchev–Trinajstić information content (AvgIpc) is 3.17. The SMILES string of the molecule is Cc1nn(-c2ccccc2)c(C)c1CC(=O)NCc1cccs1. The Bertz CT molecular complexity index is 791. The normalized spacial score (nSPS) is 10.7. The van der Waals surface area contributed by atoms with Crippen LogP contribution in [0.25, 0.3) is 5.69 Å². The van der Waals surface area contributed by atoms with Gasteiger partial charge < -0.3 is 5.32 Å². The Morgan fingerprint density at radius 1 is 1.17 bits per heavy atom. The average molecular weight is 325 g/mol. The first-order chi connectivity index (χ1) is 11.1. The van der Waals surface area contributed by atoms with Crippen molar-refractivity contribution in [2.24, 2.45) is 0 Å². The molecule has 1 aromatic carbocycles. The molecule has 0 bridgehead atoms. The lowest BCUT2D eigenvalue weighted by molar-refractivity contribution is -0.120. The Morgan fingerprint density at radius 3 is 2.65 bits per heavy atom. The number of aryl methyl sites for hydroxylation is 1. The van der Waals surface area contributed by atoms with E-state index in [1.54, 1.807) is 11.3 Å². The Morgan fingerprint density at radius 2 is 1.96 bits per heavy atom. The number of nitrogens with one attached hydrogen (secondary N) is 1. The monoisotopic (exact) mass is 325 g/mol. The van der Waals surface area contributed by atoms with Crippen LogP contribution < -0.4 is 5.32 Å². The van der Waals surface area contributed by atoms with Crippen molar-refractivity contribution in [2.75, 3.05) is 0 Å². The van der Waals surface area contributed by atoms with E-state index >= 15 is 0 Å². The molecule has 5 heteroatoms. The minimum Gasteiger partial charge on any atom is -0.351 e. The van der Waals surface area contributed by atoms with Crippen molar-refractivity contribution in [1.29, 1.82) is 0 Å². The van der Waals surface area contributed by atoms with Gasteiger partial charge in [-0.05, 0) is 37.4 Å². The summed E-state index contributed by atoms with van der Waals surface area (Å²) in [5.41, 5.74) is 3.92. The Balaban J connectivity index is 1.73. The number of carbonyl (C=O) groups excluding carboxylic acids is 1. The van der Waals surface area contributed by atoms with Crippen LogP contribution in [0.5, 0.6) is 0 Å². The summed E-state index contributed by atoms with van der Waals surface area (Å²) in [4.78, 5) is 13.4. The first-order valence-corrected chi connectivity index (χ1v) is 8.42. The first-order valence-electron chi connectivity index (χ1n) is 7.55. The first kappa shape index (κ1) is 15.5. The van der Waals surface area contributed by atoms with Gasteiger partial charge in [-0.25, -0.2) is 4.68 Å². The third kappa shape index (κ3) is 3.51. The van der Waals surface area contributed by atoms with E-state index in [2.05, 4.69) is 10.4 Å². The van der Waals surface area contributed by atoms with Crippen LogP contribution in [0, 0.1) is 13.8 Å². The van der Waals surface area contributed by atoms with Crippen LogP contribution in [0.15, 0.2) is 47.8 Å². The number of para-hydroxylation sites is 1. The molecule has 2 heterocycles. The van der Waals surface area contributed by atoms with Crippen molar-refractivity contribution in [1.82, 2.24) is 15.1 Å². The molecule has 0 saturated heterocycles. The molecular formula is C18H19N3OS. The number of benzene rings is 1. The highest BCUT2D eigenvalue weighted by molar-refractivity contribution is 7.09. The lowest BCUT2D eigenvalue weighted by Gasteiger charge is -2.06. The van der Waals surface area contributed by atoms with E-state index in [-0.39, 0.29) is 5.91 Å². The van der Waals surface area contributed by atoms with Crippen LogP contribution in [-0.2, 0) is 17.8 Å². The standard InChI is InChI=1S/C18H19N3OS/c1-13-17(11-18(22)19-12-16-9-6-10-23-16)14(2)21(20-13)15-7-4-3-5-8-15/h3-10H,11-12H2,1-2H3,(H,19,22). The summed E-state index contributed by atoms with van der Waals surface area (Å²) in [6.07, 6.45) is 0.357. The summed E-state index contributed by atoms with van der Waals surface area (Å²) in [7, 11) is 0.